The second kappa shape index (κ2) is 6.71. The summed E-state index contributed by atoms with van der Waals surface area (Å²) in [5.41, 5.74) is 1.00. The maximum absolute atomic E-state index is 12.8. The second-order valence-electron chi connectivity index (χ2n) is 5.68. The number of halogens is 3. The maximum Gasteiger partial charge on any atom is 0.416 e. The van der Waals surface area contributed by atoms with Crippen LogP contribution in [0.2, 0.25) is 0 Å². The van der Waals surface area contributed by atoms with Gasteiger partial charge in [-0.3, -0.25) is 0 Å². The average molecular weight is 360 g/mol. The van der Waals surface area contributed by atoms with Crippen molar-refractivity contribution in [2.75, 3.05) is 14.2 Å². The normalized spacial score (nSPS) is 11.4. The topological polar surface area (TPSA) is 35.5 Å². The molecule has 0 bridgehead atoms. The van der Waals surface area contributed by atoms with Crippen LogP contribution in [0, 0.1) is 0 Å². The SMILES string of the molecule is COC(=O)c1ccc2c(-c3ccc(C(F)(F)F)cc3)cc(OC)cc2c1. The molecule has 6 heteroatoms. The van der Waals surface area contributed by atoms with Crippen molar-refractivity contribution in [1.29, 1.82) is 0 Å². The first-order valence-corrected chi connectivity index (χ1v) is 7.71. The van der Waals surface area contributed by atoms with E-state index in [0.717, 1.165) is 22.9 Å². The van der Waals surface area contributed by atoms with Gasteiger partial charge in [-0.2, -0.15) is 13.2 Å². The van der Waals surface area contributed by atoms with Crippen molar-refractivity contribution in [3.63, 3.8) is 0 Å². The second-order valence-corrected chi connectivity index (χ2v) is 5.68. The highest BCUT2D eigenvalue weighted by Gasteiger charge is 2.30. The Morgan fingerprint density at radius 2 is 1.62 bits per heavy atom. The molecule has 0 aliphatic carbocycles. The molecule has 0 aliphatic heterocycles. The number of hydrogen-bond donors (Lipinski definition) is 0. The fourth-order valence-corrected chi connectivity index (χ4v) is 2.78. The Kier molecular flexibility index (Phi) is 4.59. The summed E-state index contributed by atoms with van der Waals surface area (Å²) in [4.78, 5) is 11.7. The Morgan fingerprint density at radius 3 is 2.19 bits per heavy atom. The van der Waals surface area contributed by atoms with E-state index in [1.807, 2.05) is 0 Å². The molecule has 134 valence electrons. The number of rotatable bonds is 3. The van der Waals surface area contributed by atoms with Gasteiger partial charge in [0, 0.05) is 0 Å². The lowest BCUT2D eigenvalue weighted by molar-refractivity contribution is -0.137. The van der Waals surface area contributed by atoms with Crippen LogP contribution in [0.4, 0.5) is 13.2 Å². The summed E-state index contributed by atoms with van der Waals surface area (Å²) in [5.74, 6) is 0.0696. The van der Waals surface area contributed by atoms with Gasteiger partial charge < -0.3 is 9.47 Å². The number of methoxy groups -OCH3 is 2. The molecular formula is C20H15F3O3. The first-order valence-electron chi connectivity index (χ1n) is 7.71. The van der Waals surface area contributed by atoms with Crippen molar-refractivity contribution in [2.24, 2.45) is 0 Å². The van der Waals surface area contributed by atoms with E-state index in [9.17, 15) is 18.0 Å². The van der Waals surface area contributed by atoms with Crippen LogP contribution in [0.5, 0.6) is 5.75 Å². The fraction of sp³-hybridized carbons (Fsp3) is 0.150. The molecule has 0 heterocycles. The van der Waals surface area contributed by atoms with Crippen LogP contribution in [0.1, 0.15) is 15.9 Å². The molecule has 3 aromatic carbocycles. The van der Waals surface area contributed by atoms with Gasteiger partial charge in [-0.25, -0.2) is 4.79 Å². The number of hydrogen-bond acceptors (Lipinski definition) is 3. The van der Waals surface area contributed by atoms with E-state index >= 15 is 0 Å². The van der Waals surface area contributed by atoms with Gasteiger partial charge in [-0.1, -0.05) is 18.2 Å². The van der Waals surface area contributed by atoms with Gasteiger partial charge in [0.05, 0.1) is 25.3 Å². The molecule has 0 fully saturated rings. The molecule has 0 spiro atoms. The van der Waals surface area contributed by atoms with Crippen LogP contribution in [0.25, 0.3) is 21.9 Å². The van der Waals surface area contributed by atoms with Crippen molar-refractivity contribution in [3.05, 3.63) is 65.7 Å². The molecule has 0 atom stereocenters. The minimum absolute atomic E-state index is 0.381. The smallest absolute Gasteiger partial charge is 0.416 e. The van der Waals surface area contributed by atoms with Gasteiger partial charge >= 0.3 is 12.1 Å². The van der Waals surface area contributed by atoms with Crippen LogP contribution in [-0.2, 0) is 10.9 Å². The minimum Gasteiger partial charge on any atom is -0.497 e. The zero-order chi connectivity index (χ0) is 18.9. The quantitative estimate of drug-likeness (QED) is 0.593. The van der Waals surface area contributed by atoms with Crippen molar-refractivity contribution in [3.8, 4) is 16.9 Å². The van der Waals surface area contributed by atoms with Crippen LogP contribution < -0.4 is 4.74 Å². The Balaban J connectivity index is 2.17. The molecule has 0 aliphatic rings. The van der Waals surface area contributed by atoms with Gasteiger partial charge in [-0.15, -0.1) is 0 Å². The predicted octanol–water partition coefficient (Wildman–Crippen LogP) is 5.32. The van der Waals surface area contributed by atoms with Crippen molar-refractivity contribution >= 4 is 16.7 Å². The van der Waals surface area contributed by atoms with Crippen LogP contribution in [0.3, 0.4) is 0 Å². The molecule has 0 saturated heterocycles. The number of ether oxygens (including phenoxy) is 2. The van der Waals surface area contributed by atoms with Crippen molar-refractivity contribution in [1.82, 2.24) is 0 Å². The predicted molar refractivity (Wildman–Crippen MR) is 92.3 cm³/mol. The third-order valence-corrected chi connectivity index (χ3v) is 4.11. The summed E-state index contributed by atoms with van der Waals surface area (Å²) >= 11 is 0. The van der Waals surface area contributed by atoms with Gasteiger partial charge in [-0.05, 0) is 58.3 Å². The lowest BCUT2D eigenvalue weighted by atomic mass is 9.96. The molecule has 0 saturated carbocycles. The Morgan fingerprint density at radius 1 is 0.923 bits per heavy atom. The summed E-state index contributed by atoms with van der Waals surface area (Å²) in [6.45, 7) is 0. The van der Waals surface area contributed by atoms with E-state index in [1.165, 1.54) is 26.4 Å². The van der Waals surface area contributed by atoms with E-state index in [4.69, 9.17) is 9.47 Å². The molecule has 0 aromatic heterocycles. The zero-order valence-corrected chi connectivity index (χ0v) is 14.1. The first-order chi connectivity index (χ1) is 12.3. The summed E-state index contributed by atoms with van der Waals surface area (Å²) in [5, 5.41) is 1.51. The number of carbonyl (C=O) groups is 1. The van der Waals surface area contributed by atoms with Crippen LogP contribution in [0.15, 0.2) is 54.6 Å². The minimum atomic E-state index is -4.38. The molecule has 3 nitrogen and oxygen atoms in total. The molecule has 3 aromatic rings. The van der Waals surface area contributed by atoms with E-state index in [0.29, 0.717) is 22.4 Å². The first kappa shape index (κ1) is 17.8. The number of fused-ring (bicyclic) bond motifs is 1. The average Bonchev–Trinajstić information content (AvgIpc) is 2.65. The highest BCUT2D eigenvalue weighted by Crippen LogP contribution is 2.36. The molecular weight excluding hydrogens is 345 g/mol. The van der Waals surface area contributed by atoms with Crippen LogP contribution in [-0.4, -0.2) is 20.2 Å². The molecule has 0 unspecified atom stereocenters. The largest absolute Gasteiger partial charge is 0.497 e. The van der Waals surface area contributed by atoms with E-state index < -0.39 is 17.7 Å². The maximum atomic E-state index is 12.8. The fourth-order valence-electron chi connectivity index (χ4n) is 2.78. The summed E-state index contributed by atoms with van der Waals surface area (Å²) in [6, 6.07) is 13.5. The van der Waals surface area contributed by atoms with Crippen LogP contribution >= 0.6 is 0 Å². The number of carbonyl (C=O) groups excluding carboxylic acids is 1. The molecule has 0 amide bonds. The van der Waals surface area contributed by atoms with Gasteiger partial charge in [0.2, 0.25) is 0 Å². The summed E-state index contributed by atoms with van der Waals surface area (Å²) in [6.07, 6.45) is -4.38. The monoisotopic (exact) mass is 360 g/mol. The standard InChI is InChI=1S/C20H15F3O3/c1-25-16-10-14-9-13(19(24)26-2)5-8-17(14)18(11-16)12-3-6-15(7-4-12)20(21,22)23/h3-11H,1-2H3. The number of esters is 1. The Labute approximate surface area is 148 Å². The van der Waals surface area contributed by atoms with Gasteiger partial charge in [0.1, 0.15) is 5.75 Å². The third-order valence-electron chi connectivity index (χ3n) is 4.11. The van der Waals surface area contributed by atoms with Crippen molar-refractivity contribution in [2.45, 2.75) is 6.18 Å². The van der Waals surface area contributed by atoms with E-state index in [2.05, 4.69) is 0 Å². The number of alkyl halides is 3. The lowest BCUT2D eigenvalue weighted by Gasteiger charge is -2.12. The van der Waals surface area contributed by atoms with Gasteiger partial charge in [0.25, 0.3) is 0 Å². The Hall–Kier alpha value is -3.02. The van der Waals surface area contributed by atoms with Crippen molar-refractivity contribution < 1.29 is 27.4 Å². The molecule has 3 rings (SSSR count). The van der Waals surface area contributed by atoms with Gasteiger partial charge in [0.15, 0.2) is 0 Å². The highest BCUT2D eigenvalue weighted by atomic mass is 19.4. The van der Waals surface area contributed by atoms with E-state index in [1.54, 1.807) is 30.3 Å². The third kappa shape index (κ3) is 3.35. The Bertz CT molecular complexity index is 960. The highest BCUT2D eigenvalue weighted by molar-refractivity contribution is 6.02. The zero-order valence-electron chi connectivity index (χ0n) is 14.1. The van der Waals surface area contributed by atoms with E-state index in [-0.39, 0.29) is 0 Å². The summed E-state index contributed by atoms with van der Waals surface area (Å²) in [7, 11) is 2.80. The molecule has 0 radical (unpaired) electrons. The molecule has 26 heavy (non-hydrogen) atoms. The lowest BCUT2D eigenvalue weighted by Crippen LogP contribution is -2.04. The molecule has 0 N–H and O–H groups in total. The number of benzene rings is 3. The summed E-state index contributed by atoms with van der Waals surface area (Å²) < 4.78 is 48.4.